The Kier molecular flexibility index (Phi) is 25.1. The van der Waals surface area contributed by atoms with Crippen molar-refractivity contribution in [3.63, 3.8) is 0 Å². The summed E-state index contributed by atoms with van der Waals surface area (Å²) in [7, 11) is 0. The molecule has 13 nitrogen and oxygen atoms in total. The zero-order valence-electron chi connectivity index (χ0n) is 42.4. The van der Waals surface area contributed by atoms with Gasteiger partial charge in [0.1, 0.15) is 28.2 Å². The van der Waals surface area contributed by atoms with E-state index < -0.39 is 47.0 Å². The molecule has 0 aromatic heterocycles. The van der Waals surface area contributed by atoms with Gasteiger partial charge in [-0.1, -0.05) is 33.8 Å². The molecule has 3 fully saturated rings. The number of aliphatic hydroxyl groups is 1. The molecule has 0 amide bonds. The molecule has 1 N–H and O–H groups in total. The fourth-order valence-corrected chi connectivity index (χ4v) is 6.17. The van der Waals surface area contributed by atoms with Gasteiger partial charge >= 0.3 is 23.9 Å². The molecule has 65 heavy (non-hydrogen) atoms. The normalized spacial score (nSPS) is 20.6. The van der Waals surface area contributed by atoms with Crippen LogP contribution < -0.4 is 0 Å². The fourth-order valence-electron chi connectivity index (χ4n) is 6.17. The lowest BCUT2D eigenvalue weighted by Crippen LogP contribution is -2.35. The molecule has 3 aliphatic rings. The third kappa shape index (κ3) is 32.2. The topological polar surface area (TPSA) is 162 Å². The Balaban J connectivity index is 0.000000862. The summed E-state index contributed by atoms with van der Waals surface area (Å²) in [5, 5.41) is 9.90. The van der Waals surface area contributed by atoms with Crippen molar-refractivity contribution in [2.45, 2.75) is 196 Å². The van der Waals surface area contributed by atoms with Crippen molar-refractivity contribution in [2.24, 2.45) is 23.7 Å². The van der Waals surface area contributed by atoms with E-state index in [4.69, 9.17) is 23.7 Å². The summed E-state index contributed by atoms with van der Waals surface area (Å²) in [6, 6.07) is 0. The number of hydrogen-bond donors (Lipinski definition) is 1. The van der Waals surface area contributed by atoms with Crippen LogP contribution in [0.25, 0.3) is 0 Å². The van der Waals surface area contributed by atoms with E-state index in [1.807, 2.05) is 55.4 Å². The molecule has 3 heterocycles. The SMILES string of the molecule is C=CCC(C)C(=O)OC(C)(C)C.CC(CC(=O)CN1CCC(F)(F)C1)C(=O)OC(C)(C)C.CC(CC(O)CN1CCC(F)(F)C1)C(=O)OC(C)(C)C.CC(CC1CO1)C(=O)OC(C)(C)C. The highest BCUT2D eigenvalue weighted by Crippen LogP contribution is 2.28. The van der Waals surface area contributed by atoms with Crippen LogP contribution in [0.3, 0.4) is 0 Å². The van der Waals surface area contributed by atoms with Crippen molar-refractivity contribution in [2.75, 3.05) is 45.9 Å². The van der Waals surface area contributed by atoms with Crippen LogP contribution in [-0.4, -0.2) is 137 Å². The van der Waals surface area contributed by atoms with Crippen LogP contribution in [0.2, 0.25) is 0 Å². The van der Waals surface area contributed by atoms with Crippen LogP contribution in [0.1, 0.15) is 149 Å². The summed E-state index contributed by atoms with van der Waals surface area (Å²) in [4.78, 5) is 61.0. The highest BCUT2D eigenvalue weighted by atomic mass is 19.3. The Morgan fingerprint density at radius 1 is 0.662 bits per heavy atom. The molecule has 6 unspecified atom stereocenters. The summed E-state index contributed by atoms with van der Waals surface area (Å²) in [5.41, 5.74) is -1.92. The van der Waals surface area contributed by atoms with Gasteiger partial charge in [-0.3, -0.25) is 33.8 Å². The first-order chi connectivity index (χ1) is 29.2. The number of ketones is 1. The van der Waals surface area contributed by atoms with Crippen molar-refractivity contribution in [3.8, 4) is 0 Å². The first-order valence-electron chi connectivity index (χ1n) is 22.8. The van der Waals surface area contributed by atoms with E-state index >= 15 is 0 Å². The van der Waals surface area contributed by atoms with Crippen LogP contribution in [0, 0.1) is 23.7 Å². The number of β-amino-alcohol motifs (C(OH)–C–C–N with tert-alkyl or cyclic N) is 1. The van der Waals surface area contributed by atoms with Gasteiger partial charge in [-0.2, -0.15) is 0 Å². The molecule has 0 aromatic rings. The minimum absolute atomic E-state index is 0.0248. The van der Waals surface area contributed by atoms with Gasteiger partial charge in [-0.25, -0.2) is 17.6 Å². The standard InChI is InChI=1S/C14H25F2NO3.C14H23F2NO3.C10H18O3.C10H18O2/c2*1-10(12(19)20-13(2,3)4)7-11(18)8-17-6-5-14(15,16)9-17;1-7(5-8-6-12-8)9(11)13-10(2,3)4;1-6-7-8(2)9(11)12-10(3,4)5/h10-11,18H,5-9H2,1-4H3;10H,5-9H2,1-4H3;7-8H,5-6H2,1-4H3;6,8H,1,7H2,2-5H3. The molecular formula is C48H84F4N2O11. The van der Waals surface area contributed by atoms with Crippen molar-refractivity contribution >= 4 is 29.7 Å². The second kappa shape index (κ2) is 26.4. The van der Waals surface area contributed by atoms with Gasteiger partial charge in [-0.15, -0.1) is 6.58 Å². The number of carbonyl (C=O) groups excluding carboxylic acids is 5. The van der Waals surface area contributed by atoms with Crippen LogP contribution in [0.5, 0.6) is 0 Å². The maximum atomic E-state index is 13.0. The number of hydrogen-bond acceptors (Lipinski definition) is 13. The average molecular weight is 941 g/mol. The molecule has 6 atom stereocenters. The number of epoxide rings is 1. The molecule has 3 saturated heterocycles. The number of alkyl halides is 4. The van der Waals surface area contributed by atoms with Crippen molar-refractivity contribution in [1.82, 2.24) is 9.80 Å². The Morgan fingerprint density at radius 2 is 1.03 bits per heavy atom. The average Bonchev–Trinajstić information content (AvgIpc) is 3.75. The maximum absolute atomic E-state index is 13.0. The molecule has 0 radical (unpaired) electrons. The van der Waals surface area contributed by atoms with Gasteiger partial charge in [0, 0.05) is 38.9 Å². The lowest BCUT2D eigenvalue weighted by Gasteiger charge is -2.25. The van der Waals surface area contributed by atoms with Gasteiger partial charge in [0.15, 0.2) is 0 Å². The van der Waals surface area contributed by atoms with E-state index in [2.05, 4.69) is 6.58 Å². The minimum atomic E-state index is -2.70. The minimum Gasteiger partial charge on any atom is -0.460 e. The number of ether oxygens (including phenoxy) is 5. The summed E-state index contributed by atoms with van der Waals surface area (Å²) < 4.78 is 77.9. The summed E-state index contributed by atoms with van der Waals surface area (Å²) >= 11 is 0. The van der Waals surface area contributed by atoms with E-state index in [9.17, 15) is 46.6 Å². The van der Waals surface area contributed by atoms with Crippen molar-refractivity contribution in [1.29, 1.82) is 0 Å². The number of allylic oxidation sites excluding steroid dienone is 1. The number of likely N-dealkylation sites (tertiary alicyclic amines) is 2. The third-order valence-corrected chi connectivity index (χ3v) is 9.30. The van der Waals surface area contributed by atoms with Crippen LogP contribution in [0.15, 0.2) is 12.7 Å². The molecule has 0 spiro atoms. The Hall–Kier alpha value is -3.15. The molecule has 17 heteroatoms. The van der Waals surface area contributed by atoms with Crippen molar-refractivity contribution in [3.05, 3.63) is 12.7 Å². The first kappa shape index (κ1) is 61.9. The molecule has 380 valence electrons. The summed E-state index contributed by atoms with van der Waals surface area (Å²) in [6.07, 6.45) is 2.56. The smallest absolute Gasteiger partial charge is 0.309 e. The third-order valence-electron chi connectivity index (χ3n) is 9.30. The summed E-state index contributed by atoms with van der Waals surface area (Å²) in [6.45, 7) is 33.2. The van der Waals surface area contributed by atoms with Crippen LogP contribution >= 0.6 is 0 Å². The first-order valence-corrected chi connectivity index (χ1v) is 22.8. The van der Waals surface area contributed by atoms with Gasteiger partial charge in [0.05, 0.1) is 62.1 Å². The molecule has 3 rings (SSSR count). The lowest BCUT2D eigenvalue weighted by molar-refractivity contribution is -0.161. The molecule has 0 saturated carbocycles. The Labute approximate surface area is 387 Å². The predicted octanol–water partition coefficient (Wildman–Crippen LogP) is 8.61. The molecular weight excluding hydrogens is 857 g/mol. The van der Waals surface area contributed by atoms with E-state index in [-0.39, 0.29) is 112 Å². The number of aliphatic hydroxyl groups excluding tert-OH is 1. The van der Waals surface area contributed by atoms with Crippen LogP contribution in [0.4, 0.5) is 17.6 Å². The quantitative estimate of drug-likeness (QED) is 0.0516. The number of carbonyl (C=O) groups is 5. The number of Topliss-reactive ketones (excluding diaryl/α,β-unsaturated/α-hetero) is 1. The number of nitrogens with zero attached hydrogens (tertiary/aromatic N) is 2. The fraction of sp³-hybridized carbons (Fsp3) is 0.854. The number of halogens is 4. The highest BCUT2D eigenvalue weighted by molar-refractivity contribution is 5.85. The largest absolute Gasteiger partial charge is 0.460 e. The van der Waals surface area contributed by atoms with Gasteiger partial charge < -0.3 is 28.8 Å². The van der Waals surface area contributed by atoms with E-state index in [0.29, 0.717) is 12.5 Å². The van der Waals surface area contributed by atoms with Gasteiger partial charge in [0.2, 0.25) is 0 Å². The van der Waals surface area contributed by atoms with E-state index in [1.54, 1.807) is 61.5 Å². The van der Waals surface area contributed by atoms with Crippen molar-refractivity contribution < 1.29 is 70.3 Å². The molecule has 0 aliphatic carbocycles. The molecule has 3 aliphatic heterocycles. The number of rotatable bonds is 16. The second-order valence-corrected chi connectivity index (χ2v) is 21.7. The zero-order chi connectivity index (χ0) is 50.9. The Morgan fingerprint density at radius 3 is 1.38 bits per heavy atom. The molecule has 0 bridgehead atoms. The highest BCUT2D eigenvalue weighted by Gasteiger charge is 2.40. The lowest BCUT2D eigenvalue weighted by atomic mass is 10.0. The number of esters is 4. The van der Waals surface area contributed by atoms with Gasteiger partial charge in [0.25, 0.3) is 11.8 Å². The predicted molar refractivity (Wildman–Crippen MR) is 241 cm³/mol. The van der Waals surface area contributed by atoms with Gasteiger partial charge in [-0.05, 0) is 102 Å². The van der Waals surface area contributed by atoms with E-state index in [0.717, 1.165) is 13.0 Å². The summed E-state index contributed by atoms with van der Waals surface area (Å²) in [5.74, 6) is -7.77. The van der Waals surface area contributed by atoms with Crippen LogP contribution in [-0.2, 0) is 47.7 Å². The zero-order valence-corrected chi connectivity index (χ0v) is 42.4. The Bertz CT molecular complexity index is 1510. The molecule has 0 aromatic carbocycles. The second-order valence-electron chi connectivity index (χ2n) is 21.7. The van der Waals surface area contributed by atoms with E-state index in [1.165, 1.54) is 9.80 Å². The maximum Gasteiger partial charge on any atom is 0.309 e. The monoisotopic (exact) mass is 941 g/mol.